The molecule has 19 heavy (non-hydrogen) atoms. The smallest absolute Gasteiger partial charge is 0.0355 e. The van der Waals surface area contributed by atoms with Gasteiger partial charge >= 0.3 is 0 Å². The lowest BCUT2D eigenvalue weighted by Crippen LogP contribution is -2.40. The zero-order valence-corrected chi connectivity index (χ0v) is 12.2. The maximum Gasteiger partial charge on any atom is 0.0355 e. The minimum Gasteiger partial charge on any atom is -0.382 e. The summed E-state index contributed by atoms with van der Waals surface area (Å²) in [4.78, 5) is 0. The molecule has 3 atom stereocenters. The largest absolute Gasteiger partial charge is 0.382 e. The monoisotopic (exact) mass is 253 g/mol. The van der Waals surface area contributed by atoms with E-state index >= 15 is 0 Å². The zero-order chi connectivity index (χ0) is 13.7. The summed E-state index contributed by atoms with van der Waals surface area (Å²) < 4.78 is 0. The Labute approximate surface area is 116 Å². The molecule has 1 N–H and O–H groups in total. The lowest BCUT2D eigenvalue weighted by Gasteiger charge is -2.40. The third kappa shape index (κ3) is 1.70. The lowest BCUT2D eigenvalue weighted by molar-refractivity contribution is 0.142. The van der Waals surface area contributed by atoms with Crippen molar-refractivity contribution in [2.45, 2.75) is 46.1 Å². The first-order valence-electron chi connectivity index (χ1n) is 7.30. The predicted octanol–water partition coefficient (Wildman–Crippen LogP) is 4.29. The van der Waals surface area contributed by atoms with Crippen molar-refractivity contribution in [1.29, 1.82) is 0 Å². The second kappa shape index (κ2) is 4.04. The molecule has 1 nitrogen and oxygen atoms in total. The highest BCUT2D eigenvalue weighted by molar-refractivity contribution is 5.51. The minimum atomic E-state index is 0.407. The van der Waals surface area contributed by atoms with E-state index in [9.17, 15) is 0 Å². The van der Waals surface area contributed by atoms with Gasteiger partial charge in [-0.25, -0.2) is 0 Å². The summed E-state index contributed by atoms with van der Waals surface area (Å²) >= 11 is 0. The lowest BCUT2D eigenvalue weighted by atomic mass is 9.69. The van der Waals surface area contributed by atoms with Crippen LogP contribution in [0.5, 0.6) is 0 Å². The third-order valence-electron chi connectivity index (χ3n) is 6.16. The number of anilines is 1. The Morgan fingerprint density at radius 1 is 1.32 bits per heavy atom. The van der Waals surface area contributed by atoms with Gasteiger partial charge in [0.25, 0.3) is 0 Å². The Kier molecular flexibility index (Phi) is 2.68. The summed E-state index contributed by atoms with van der Waals surface area (Å²) in [5, 5.41) is 3.75. The van der Waals surface area contributed by atoms with Crippen molar-refractivity contribution >= 4 is 5.69 Å². The van der Waals surface area contributed by atoms with Crippen molar-refractivity contribution in [3.05, 3.63) is 29.8 Å². The number of rotatable bonds is 2. The number of terminal acetylenes is 1. The Morgan fingerprint density at radius 3 is 2.68 bits per heavy atom. The van der Waals surface area contributed by atoms with Crippen LogP contribution < -0.4 is 5.32 Å². The molecule has 2 bridgehead atoms. The summed E-state index contributed by atoms with van der Waals surface area (Å²) in [6, 6.07) is 8.82. The topological polar surface area (TPSA) is 12.0 Å². The van der Waals surface area contributed by atoms with Crippen LogP contribution in [0.2, 0.25) is 0 Å². The summed E-state index contributed by atoms with van der Waals surface area (Å²) in [5.41, 5.74) is 2.99. The van der Waals surface area contributed by atoms with Crippen LogP contribution >= 0.6 is 0 Å². The molecule has 0 radical (unpaired) electrons. The molecule has 3 rings (SSSR count). The highest BCUT2D eigenvalue weighted by atomic mass is 15.0. The Bertz CT molecular complexity index is 537. The van der Waals surface area contributed by atoms with Crippen molar-refractivity contribution in [3.8, 4) is 12.3 Å². The van der Waals surface area contributed by atoms with E-state index in [2.05, 4.69) is 44.1 Å². The van der Waals surface area contributed by atoms with Gasteiger partial charge < -0.3 is 5.32 Å². The molecule has 1 aromatic rings. The molecule has 0 aliphatic heterocycles. The van der Waals surface area contributed by atoms with E-state index in [-0.39, 0.29) is 0 Å². The normalized spacial score (nSPS) is 35.1. The van der Waals surface area contributed by atoms with E-state index in [4.69, 9.17) is 6.42 Å². The second-order valence-corrected chi connectivity index (χ2v) is 7.03. The fourth-order valence-corrected chi connectivity index (χ4v) is 4.32. The molecule has 2 saturated carbocycles. The van der Waals surface area contributed by atoms with Gasteiger partial charge in [0.2, 0.25) is 0 Å². The molecule has 2 fully saturated rings. The molecule has 2 aliphatic carbocycles. The average Bonchev–Trinajstić information content (AvgIpc) is 2.72. The van der Waals surface area contributed by atoms with Crippen molar-refractivity contribution in [3.63, 3.8) is 0 Å². The van der Waals surface area contributed by atoms with Crippen LogP contribution in [0, 0.1) is 29.1 Å². The number of hydrogen-bond donors (Lipinski definition) is 1. The minimum absolute atomic E-state index is 0.407. The Hall–Kier alpha value is -1.42. The van der Waals surface area contributed by atoms with Crippen LogP contribution in [-0.4, -0.2) is 6.04 Å². The number of hydrogen-bond acceptors (Lipinski definition) is 1. The van der Waals surface area contributed by atoms with Gasteiger partial charge in [-0.3, -0.25) is 0 Å². The predicted molar refractivity (Wildman–Crippen MR) is 81.0 cm³/mol. The van der Waals surface area contributed by atoms with Gasteiger partial charge in [0.05, 0.1) is 0 Å². The standard InChI is InChI=1S/C18H23N/c1-5-13-7-6-8-15(11-13)19-16-12-14-9-10-18(16,4)17(14,2)3/h1,6-8,11,14,16,19H,9-10,12H2,2-4H3. The van der Waals surface area contributed by atoms with Crippen LogP contribution in [0.15, 0.2) is 24.3 Å². The first kappa shape index (κ1) is 12.6. The van der Waals surface area contributed by atoms with E-state index in [0.29, 0.717) is 16.9 Å². The van der Waals surface area contributed by atoms with Crippen molar-refractivity contribution in [2.75, 3.05) is 5.32 Å². The maximum atomic E-state index is 5.48. The Morgan fingerprint density at radius 2 is 2.11 bits per heavy atom. The van der Waals surface area contributed by atoms with Crippen LogP contribution in [0.4, 0.5) is 5.69 Å². The second-order valence-electron chi connectivity index (χ2n) is 7.03. The first-order valence-corrected chi connectivity index (χ1v) is 7.30. The summed E-state index contributed by atoms with van der Waals surface area (Å²) in [6.07, 6.45) is 9.51. The van der Waals surface area contributed by atoms with Gasteiger partial charge in [-0.15, -0.1) is 6.42 Å². The quantitative estimate of drug-likeness (QED) is 0.775. The molecular weight excluding hydrogens is 230 g/mol. The van der Waals surface area contributed by atoms with Gasteiger partial charge in [0.1, 0.15) is 0 Å². The van der Waals surface area contributed by atoms with Gasteiger partial charge in [-0.2, -0.15) is 0 Å². The highest BCUT2D eigenvalue weighted by Crippen LogP contribution is 2.65. The van der Waals surface area contributed by atoms with Gasteiger partial charge in [-0.1, -0.05) is 32.8 Å². The summed E-state index contributed by atoms with van der Waals surface area (Å²) in [6.45, 7) is 7.36. The summed E-state index contributed by atoms with van der Waals surface area (Å²) in [5.74, 6) is 3.58. The van der Waals surface area contributed by atoms with Crippen molar-refractivity contribution in [2.24, 2.45) is 16.7 Å². The molecule has 0 heterocycles. The first-order chi connectivity index (χ1) is 8.97. The van der Waals surface area contributed by atoms with Crippen LogP contribution in [0.1, 0.15) is 45.6 Å². The fourth-order valence-electron chi connectivity index (χ4n) is 4.32. The molecule has 0 aromatic heterocycles. The zero-order valence-electron chi connectivity index (χ0n) is 12.2. The summed E-state index contributed by atoms with van der Waals surface area (Å²) in [7, 11) is 0. The third-order valence-corrected chi connectivity index (χ3v) is 6.16. The SMILES string of the molecule is C#Cc1cccc(NC2CC3CCC2(C)C3(C)C)c1. The number of benzene rings is 1. The van der Waals surface area contributed by atoms with E-state index in [0.717, 1.165) is 11.5 Å². The van der Waals surface area contributed by atoms with Crippen LogP contribution in [-0.2, 0) is 0 Å². The van der Waals surface area contributed by atoms with E-state index in [1.165, 1.54) is 24.9 Å². The molecule has 1 heteroatoms. The molecule has 0 saturated heterocycles. The maximum absolute atomic E-state index is 5.48. The van der Waals surface area contributed by atoms with E-state index in [1.807, 2.05) is 12.1 Å². The van der Waals surface area contributed by atoms with Crippen molar-refractivity contribution in [1.82, 2.24) is 0 Å². The molecule has 100 valence electrons. The average molecular weight is 253 g/mol. The van der Waals surface area contributed by atoms with E-state index in [1.54, 1.807) is 0 Å². The molecule has 0 spiro atoms. The van der Waals surface area contributed by atoms with Gasteiger partial charge in [0.15, 0.2) is 0 Å². The van der Waals surface area contributed by atoms with Gasteiger partial charge in [-0.05, 0) is 54.2 Å². The van der Waals surface area contributed by atoms with Crippen LogP contribution in [0.25, 0.3) is 0 Å². The Balaban J connectivity index is 1.84. The number of nitrogens with one attached hydrogen (secondary N) is 1. The molecule has 2 aliphatic rings. The van der Waals surface area contributed by atoms with Crippen molar-refractivity contribution < 1.29 is 0 Å². The van der Waals surface area contributed by atoms with E-state index < -0.39 is 0 Å². The fraction of sp³-hybridized carbons (Fsp3) is 0.556. The molecule has 1 aromatic carbocycles. The van der Waals surface area contributed by atoms with Gasteiger partial charge in [0, 0.05) is 17.3 Å². The van der Waals surface area contributed by atoms with Crippen LogP contribution in [0.3, 0.4) is 0 Å². The molecule has 0 amide bonds. The highest BCUT2D eigenvalue weighted by Gasteiger charge is 2.61. The molecular formula is C18H23N. The number of fused-ring (bicyclic) bond motifs is 2. The molecule has 3 unspecified atom stereocenters.